The zero-order chi connectivity index (χ0) is 79.8. The molecule has 1 unspecified atom stereocenters. The molecule has 3 aromatic carbocycles. The number of alkyl halides is 6. The van der Waals surface area contributed by atoms with Crippen LogP contribution in [0.25, 0.3) is 33.5 Å². The van der Waals surface area contributed by atoms with Crippen LogP contribution in [0.4, 0.5) is 44.2 Å². The van der Waals surface area contributed by atoms with Crippen LogP contribution in [0.2, 0.25) is 0 Å². The van der Waals surface area contributed by atoms with Crippen molar-refractivity contribution in [1.82, 2.24) is 58.6 Å². The van der Waals surface area contributed by atoms with Crippen LogP contribution >= 0.6 is 23.5 Å². The second-order valence-corrected chi connectivity index (χ2v) is 32.2. The van der Waals surface area contributed by atoms with Gasteiger partial charge in [0.05, 0.1) is 57.6 Å². The fraction of sp³-hybridized carbons (Fsp3) is 0.500. The van der Waals surface area contributed by atoms with Gasteiger partial charge in [-0.25, -0.2) is 55.0 Å². The predicted molar refractivity (Wildman–Crippen MR) is 382 cm³/mol. The molecule has 6 fully saturated rings. The minimum absolute atomic E-state index is 0.0329. The third-order valence-corrected chi connectivity index (χ3v) is 22.8. The van der Waals surface area contributed by atoms with Gasteiger partial charge < -0.3 is 49.9 Å². The number of halogens is 6. The molecule has 6 aliphatic rings. The molecule has 15 rings (SSSR count). The van der Waals surface area contributed by atoms with Crippen molar-refractivity contribution >= 4 is 74.8 Å². The third kappa shape index (κ3) is 15.1. The summed E-state index contributed by atoms with van der Waals surface area (Å²) in [5.74, 6) is -7.57. The number of aromatic nitrogens is 12. The van der Waals surface area contributed by atoms with E-state index >= 15 is 26.3 Å². The van der Waals surface area contributed by atoms with E-state index in [0.29, 0.717) is 5.75 Å². The van der Waals surface area contributed by atoms with Gasteiger partial charge in [-0.2, -0.15) is 29.9 Å². The van der Waals surface area contributed by atoms with E-state index in [1.165, 1.54) is 23.5 Å². The lowest BCUT2D eigenvalue weighted by molar-refractivity contribution is -0.220. The minimum Gasteiger partial charge on any atom is -0.497 e. The number of hydrogen-bond donors (Lipinski definition) is 3. The average Bonchev–Trinajstić information content (AvgIpc) is 1.54. The number of ether oxygens (including phenoxy) is 7. The van der Waals surface area contributed by atoms with Crippen molar-refractivity contribution in [1.29, 1.82) is 0 Å². The lowest BCUT2D eigenvalue weighted by Gasteiger charge is -2.37. The van der Waals surface area contributed by atoms with Gasteiger partial charge in [0.15, 0.2) is 87.5 Å². The van der Waals surface area contributed by atoms with Gasteiger partial charge in [-0.3, -0.25) is 54.4 Å². The van der Waals surface area contributed by atoms with Crippen LogP contribution in [0.5, 0.6) is 23.4 Å². The SMILES string of the molecule is CCOc1nc(N)nc2c1ncn2[C@@H]1O[C@]2(F)CO[P@@](=O)(OC(C)C)O[C@H]2[C@@]1(C)F.CCOc1nc(NC(c2ccccc2)(c2ccccc2)c2ccc(OC)cc2)nc2c1ncn2[C@@H]1O[C@]2(F)COP(=O)(OC(C)C)O[C@H]2[C@@]1(C)F.[CH2+]COc1nc(N)nc2c1ncn2[C@@H]1O[C@]2(F)CO[P@](=O)(OC(C)C)O[C@H]2[C@@]1(C)F. The van der Waals surface area contributed by atoms with Crippen molar-refractivity contribution in [2.75, 3.05) is 63.5 Å². The van der Waals surface area contributed by atoms with E-state index < -0.39 is 139 Å². The summed E-state index contributed by atoms with van der Waals surface area (Å²) in [4.78, 5) is 38.3. The van der Waals surface area contributed by atoms with Crippen molar-refractivity contribution in [3.63, 3.8) is 0 Å². The van der Waals surface area contributed by atoms with Gasteiger partial charge in [-0.05, 0) is 105 Å². The number of nitrogen functional groups attached to an aromatic ring is 2. The second-order valence-electron chi connectivity index (χ2n) is 27.5. The highest BCUT2D eigenvalue weighted by atomic mass is 31.2. The molecule has 111 heavy (non-hydrogen) atoms. The summed E-state index contributed by atoms with van der Waals surface area (Å²) >= 11 is 0. The summed E-state index contributed by atoms with van der Waals surface area (Å²) in [6.45, 7) is 17.8. The van der Waals surface area contributed by atoms with Crippen LogP contribution in [0.1, 0.15) is 112 Å². The molecular formula is C68H81F6N15O19P3+. The fourth-order valence-corrected chi connectivity index (χ4v) is 18.5. The topological polar surface area (TPSA) is 394 Å². The Bertz CT molecular complexity index is 4830. The van der Waals surface area contributed by atoms with Gasteiger partial charge in [0.2, 0.25) is 36.2 Å². The van der Waals surface area contributed by atoms with Crippen LogP contribution < -0.4 is 35.7 Å². The first-order valence-corrected chi connectivity index (χ1v) is 39.3. The zero-order valence-electron chi connectivity index (χ0n) is 61.8. The first kappa shape index (κ1) is 80.6. The number of hydrogen-bond acceptors (Lipinski definition) is 31. The lowest BCUT2D eigenvalue weighted by atomic mass is 9.77. The van der Waals surface area contributed by atoms with Crippen molar-refractivity contribution < 1.29 is 114 Å². The third-order valence-electron chi connectivity index (χ3n) is 18.1. The van der Waals surface area contributed by atoms with Crippen LogP contribution in [0, 0.1) is 6.92 Å². The van der Waals surface area contributed by atoms with Crippen LogP contribution in [0.3, 0.4) is 0 Å². The molecule has 0 bridgehead atoms. The van der Waals surface area contributed by atoms with E-state index in [0.717, 1.165) is 46.6 Å². The average molecular weight is 1620 g/mol. The van der Waals surface area contributed by atoms with Crippen molar-refractivity contribution in [3.8, 4) is 23.4 Å². The number of fused-ring (bicyclic) bond motifs is 6. The molecule has 0 saturated carbocycles. The van der Waals surface area contributed by atoms with E-state index in [4.69, 9.17) is 95.3 Å². The van der Waals surface area contributed by atoms with E-state index in [1.54, 1.807) is 62.5 Å². The molecule has 598 valence electrons. The highest BCUT2D eigenvalue weighted by Gasteiger charge is 2.73. The highest BCUT2D eigenvalue weighted by molar-refractivity contribution is 7.49. The summed E-state index contributed by atoms with van der Waals surface area (Å²) in [5, 5.41) is 3.59. The molecule has 0 radical (unpaired) electrons. The van der Waals surface area contributed by atoms with E-state index in [2.05, 4.69) is 47.1 Å². The van der Waals surface area contributed by atoms with Gasteiger partial charge in [-0.15, -0.1) is 0 Å². The molecule has 0 aliphatic carbocycles. The fourth-order valence-electron chi connectivity index (χ4n) is 13.6. The number of nitrogens with zero attached hydrogens (tertiary/aromatic N) is 12. The number of nitrogens with one attached hydrogen (secondary N) is 1. The maximum Gasteiger partial charge on any atom is 0.475 e. The van der Waals surface area contributed by atoms with Gasteiger partial charge in [0.1, 0.15) is 38.0 Å². The number of nitrogens with two attached hydrogens (primary N) is 2. The molecule has 0 spiro atoms. The van der Waals surface area contributed by atoms with Gasteiger partial charge in [0.25, 0.3) is 23.4 Å². The highest BCUT2D eigenvalue weighted by Crippen LogP contribution is 2.67. The van der Waals surface area contributed by atoms with E-state index in [1.807, 2.05) is 84.9 Å². The molecule has 5 N–H and O–H groups in total. The maximum atomic E-state index is 16.9. The largest absolute Gasteiger partial charge is 0.497 e. The van der Waals surface area contributed by atoms with Crippen LogP contribution in [-0.4, -0.2) is 177 Å². The Labute approximate surface area is 630 Å². The molecule has 12 heterocycles. The zero-order valence-corrected chi connectivity index (χ0v) is 64.5. The smallest absolute Gasteiger partial charge is 0.475 e. The molecule has 9 aromatic rings. The summed E-state index contributed by atoms with van der Waals surface area (Å²) in [6, 6.07) is 27.2. The normalized spacial score (nSPS) is 31.7. The monoisotopic (exact) mass is 1620 g/mol. The number of phosphoric acid groups is 3. The summed E-state index contributed by atoms with van der Waals surface area (Å²) in [5.41, 5.74) is 6.02. The Balaban J connectivity index is 0.000000155. The van der Waals surface area contributed by atoms with Gasteiger partial charge >= 0.3 is 23.5 Å². The number of rotatable bonds is 21. The van der Waals surface area contributed by atoms with Crippen LogP contribution in [0.15, 0.2) is 104 Å². The quantitative estimate of drug-likeness (QED) is 0.0260. The van der Waals surface area contributed by atoms with Crippen molar-refractivity contribution in [2.24, 2.45) is 0 Å². The maximum absolute atomic E-state index is 16.9. The van der Waals surface area contributed by atoms with E-state index in [-0.39, 0.29) is 88.8 Å². The molecule has 43 heteroatoms. The molecule has 34 nitrogen and oxygen atoms in total. The Morgan fingerprint density at radius 2 is 0.847 bits per heavy atom. The number of phosphoric ester groups is 3. The van der Waals surface area contributed by atoms with Crippen molar-refractivity contribution in [2.45, 2.75) is 172 Å². The number of anilines is 3. The number of imidazole rings is 3. The molecule has 6 saturated heterocycles. The molecule has 6 aliphatic heterocycles. The Morgan fingerprint density at radius 3 is 1.18 bits per heavy atom. The molecule has 6 aromatic heterocycles. The van der Waals surface area contributed by atoms with Crippen molar-refractivity contribution in [3.05, 3.63) is 128 Å². The summed E-state index contributed by atoms with van der Waals surface area (Å²) < 4.78 is 223. The molecular weight excluding hydrogens is 1540 g/mol. The van der Waals surface area contributed by atoms with Gasteiger partial charge in [-0.1, -0.05) is 72.8 Å². The molecule has 15 atom stereocenters. The van der Waals surface area contributed by atoms with E-state index in [9.17, 15) is 13.7 Å². The standard InChI is InChI=1S/C36H38F2N5O7P.C16H22F2N5O6P.C16H21F2N5O6P/c1-6-46-30-28-29(43(22-39-28)32-34(4,37)31-35(38,48-32)21-47-51(44,50-31)49-23(2)3)40-33(41-30)42-36(24-13-9-7-10-14-24,25-15-11-8-12-16-25)26-17-19-27(45-5)20-18-26;2*1-5-25-11-9-10(21-14(19)22-11)23(7-20-9)13-15(4,17)12-16(18,27-13)6-26-30(24,29-12)28-8(2)3/h7-20,22-23,31-32H,6,21H2,1-5H3,(H,40,41,42);7-8,12-13H,5-6H2,1-4H3,(H2,19,21,22);7-8,12-13H,1,5-6H2,2-4H3,(H2,19,21,22)/q;;+1/t31-,32+,34+,35+,51?;12-,13+,15+,16+,30-;12-,13+,15+,16+,30+/m000/s1. The first-order valence-electron chi connectivity index (χ1n) is 34.9. The number of methoxy groups -OCH3 is 1. The first-order chi connectivity index (χ1) is 52.4. The second kappa shape index (κ2) is 30.2. The Hall–Kier alpha value is -8.43. The summed E-state index contributed by atoms with van der Waals surface area (Å²) in [6.07, 6.45) is -8.68. The summed E-state index contributed by atoms with van der Waals surface area (Å²) in [7, 11) is -11.1. The Morgan fingerprint density at radius 1 is 0.514 bits per heavy atom. The van der Waals surface area contributed by atoms with Crippen LogP contribution in [-0.2, 0) is 74.2 Å². The minimum atomic E-state index is -4.30. The Kier molecular flexibility index (Phi) is 21.9. The van der Waals surface area contributed by atoms with Gasteiger partial charge in [0, 0.05) is 0 Å². The predicted octanol–water partition coefficient (Wildman–Crippen LogP) is 12.7. The molecule has 0 amide bonds. The number of benzene rings is 3. The lowest BCUT2D eigenvalue weighted by Crippen LogP contribution is -2.51.